The number of nitrogens with zero attached hydrogens (tertiary/aromatic N) is 3. The van der Waals surface area contributed by atoms with Crippen LogP contribution in [0.3, 0.4) is 0 Å². The van der Waals surface area contributed by atoms with E-state index < -0.39 is 0 Å². The summed E-state index contributed by atoms with van der Waals surface area (Å²) in [5.74, 6) is 1.27. The number of pyridine rings is 1. The molecule has 2 N–H and O–H groups in total. The molecule has 0 saturated carbocycles. The van der Waals surface area contributed by atoms with Gasteiger partial charge in [-0.3, -0.25) is 4.98 Å². The van der Waals surface area contributed by atoms with E-state index in [2.05, 4.69) is 25.6 Å². The Bertz CT molecular complexity index is 836. The fourth-order valence-corrected chi connectivity index (χ4v) is 2.45. The number of nitrogens with one attached hydrogen (secondary N) is 2. The molecule has 0 spiro atoms. The normalized spacial score (nSPS) is 10.5. The maximum atomic E-state index is 6.10. The molecule has 0 aliphatic heterocycles. The van der Waals surface area contributed by atoms with Crippen LogP contribution in [-0.4, -0.2) is 21.5 Å². The van der Waals surface area contributed by atoms with E-state index >= 15 is 0 Å². The van der Waals surface area contributed by atoms with Crippen LogP contribution in [0.25, 0.3) is 11.3 Å². The number of anilines is 3. The lowest BCUT2D eigenvalue weighted by Gasteiger charge is -2.12. The predicted octanol–water partition coefficient (Wildman–Crippen LogP) is 4.68. The molecule has 122 valence electrons. The lowest BCUT2D eigenvalue weighted by atomic mass is 10.2. The van der Waals surface area contributed by atoms with Gasteiger partial charge in [-0.15, -0.1) is 0 Å². The molecular weight excluding hydrogens is 322 g/mol. The van der Waals surface area contributed by atoms with Crippen molar-refractivity contribution in [1.29, 1.82) is 0 Å². The lowest BCUT2D eigenvalue weighted by Crippen LogP contribution is -2.05. The van der Waals surface area contributed by atoms with Gasteiger partial charge in [0.1, 0.15) is 5.82 Å². The first kappa shape index (κ1) is 16.2. The van der Waals surface area contributed by atoms with Crippen LogP contribution in [0.1, 0.15) is 12.5 Å². The summed E-state index contributed by atoms with van der Waals surface area (Å²) >= 11 is 6.10. The molecule has 0 unspecified atom stereocenters. The maximum absolute atomic E-state index is 6.10. The van der Waals surface area contributed by atoms with Gasteiger partial charge in [0.05, 0.1) is 5.69 Å². The Labute approximate surface area is 146 Å². The fourth-order valence-electron chi connectivity index (χ4n) is 2.28. The van der Waals surface area contributed by atoms with Crippen molar-refractivity contribution in [3.05, 3.63) is 59.4 Å². The van der Waals surface area contributed by atoms with Gasteiger partial charge in [0.2, 0.25) is 5.95 Å². The highest BCUT2D eigenvalue weighted by Crippen LogP contribution is 2.26. The van der Waals surface area contributed by atoms with Crippen molar-refractivity contribution < 1.29 is 0 Å². The molecule has 0 amide bonds. The zero-order valence-electron chi connectivity index (χ0n) is 13.5. The van der Waals surface area contributed by atoms with Gasteiger partial charge in [-0.1, -0.05) is 17.7 Å². The van der Waals surface area contributed by atoms with E-state index in [1.165, 1.54) is 0 Å². The van der Waals surface area contributed by atoms with Gasteiger partial charge < -0.3 is 10.6 Å². The van der Waals surface area contributed by atoms with E-state index in [0.29, 0.717) is 16.8 Å². The molecule has 0 radical (unpaired) electrons. The fraction of sp³-hybridized carbons (Fsp3) is 0.167. The molecule has 5 nitrogen and oxygen atoms in total. The SMILES string of the molecule is CCNc1nc(Nc2cc(Cl)ccc2C)cc(-c2cccnc2)n1. The summed E-state index contributed by atoms with van der Waals surface area (Å²) in [4.78, 5) is 13.2. The zero-order valence-corrected chi connectivity index (χ0v) is 14.3. The second-order valence-electron chi connectivity index (χ2n) is 5.32. The Hall–Kier alpha value is -2.66. The van der Waals surface area contributed by atoms with Crippen LogP contribution in [0.4, 0.5) is 17.5 Å². The van der Waals surface area contributed by atoms with E-state index in [9.17, 15) is 0 Å². The Kier molecular flexibility index (Phi) is 4.91. The van der Waals surface area contributed by atoms with Crippen LogP contribution in [0.2, 0.25) is 5.02 Å². The van der Waals surface area contributed by atoms with E-state index in [-0.39, 0.29) is 0 Å². The molecule has 0 aliphatic rings. The zero-order chi connectivity index (χ0) is 16.9. The van der Waals surface area contributed by atoms with Gasteiger partial charge >= 0.3 is 0 Å². The Morgan fingerprint density at radius 3 is 2.75 bits per heavy atom. The van der Waals surface area contributed by atoms with Crippen molar-refractivity contribution in [3.63, 3.8) is 0 Å². The van der Waals surface area contributed by atoms with Crippen molar-refractivity contribution in [2.24, 2.45) is 0 Å². The van der Waals surface area contributed by atoms with E-state index in [1.54, 1.807) is 12.4 Å². The van der Waals surface area contributed by atoms with Crippen LogP contribution in [0.15, 0.2) is 48.8 Å². The van der Waals surface area contributed by atoms with E-state index in [1.807, 2.05) is 50.2 Å². The Morgan fingerprint density at radius 1 is 1.12 bits per heavy atom. The van der Waals surface area contributed by atoms with Crippen LogP contribution in [-0.2, 0) is 0 Å². The number of hydrogen-bond donors (Lipinski definition) is 2. The van der Waals surface area contributed by atoms with Crippen molar-refractivity contribution >= 4 is 29.1 Å². The first-order valence-electron chi connectivity index (χ1n) is 7.72. The summed E-state index contributed by atoms with van der Waals surface area (Å²) in [6, 6.07) is 11.5. The molecule has 0 atom stereocenters. The molecule has 3 aromatic rings. The number of hydrogen-bond acceptors (Lipinski definition) is 5. The van der Waals surface area contributed by atoms with Gasteiger partial charge in [0.15, 0.2) is 0 Å². The van der Waals surface area contributed by atoms with E-state index in [0.717, 1.165) is 29.1 Å². The van der Waals surface area contributed by atoms with Crippen molar-refractivity contribution in [1.82, 2.24) is 15.0 Å². The lowest BCUT2D eigenvalue weighted by molar-refractivity contribution is 1.09. The number of halogens is 1. The molecule has 6 heteroatoms. The van der Waals surface area contributed by atoms with Gasteiger partial charge in [-0.25, -0.2) is 4.98 Å². The van der Waals surface area contributed by atoms with Crippen molar-refractivity contribution in [2.45, 2.75) is 13.8 Å². The molecule has 3 rings (SSSR count). The van der Waals surface area contributed by atoms with Gasteiger partial charge in [-0.05, 0) is 43.7 Å². The number of aryl methyl sites for hydroxylation is 1. The summed E-state index contributed by atoms with van der Waals surface area (Å²) < 4.78 is 0. The summed E-state index contributed by atoms with van der Waals surface area (Å²) in [7, 11) is 0. The second kappa shape index (κ2) is 7.27. The highest BCUT2D eigenvalue weighted by atomic mass is 35.5. The van der Waals surface area contributed by atoms with Gasteiger partial charge in [0, 0.05) is 41.3 Å². The first-order valence-corrected chi connectivity index (χ1v) is 8.10. The molecule has 0 saturated heterocycles. The summed E-state index contributed by atoms with van der Waals surface area (Å²) in [5, 5.41) is 7.16. The number of rotatable bonds is 5. The predicted molar refractivity (Wildman–Crippen MR) is 98.9 cm³/mol. The van der Waals surface area contributed by atoms with Gasteiger partial charge in [0.25, 0.3) is 0 Å². The number of benzene rings is 1. The molecular formula is C18H18ClN5. The maximum Gasteiger partial charge on any atom is 0.225 e. The number of aromatic nitrogens is 3. The van der Waals surface area contributed by atoms with Crippen LogP contribution in [0.5, 0.6) is 0 Å². The standard InChI is InChI=1S/C18H18ClN5/c1-3-21-18-23-16(13-5-4-8-20-11-13)10-17(24-18)22-15-9-14(19)7-6-12(15)2/h4-11H,3H2,1-2H3,(H2,21,22,23,24). The summed E-state index contributed by atoms with van der Waals surface area (Å²) in [6.07, 6.45) is 3.52. The molecule has 0 fully saturated rings. The second-order valence-corrected chi connectivity index (χ2v) is 5.75. The van der Waals surface area contributed by atoms with Crippen LogP contribution >= 0.6 is 11.6 Å². The molecule has 2 heterocycles. The molecule has 24 heavy (non-hydrogen) atoms. The smallest absolute Gasteiger partial charge is 0.225 e. The van der Waals surface area contributed by atoms with Gasteiger partial charge in [-0.2, -0.15) is 4.98 Å². The molecule has 2 aromatic heterocycles. The molecule has 0 bridgehead atoms. The third kappa shape index (κ3) is 3.81. The quantitative estimate of drug-likeness (QED) is 0.707. The first-order chi connectivity index (χ1) is 11.7. The molecule has 0 aliphatic carbocycles. The van der Waals surface area contributed by atoms with Crippen molar-refractivity contribution in [3.8, 4) is 11.3 Å². The minimum atomic E-state index is 0.570. The molecule has 1 aromatic carbocycles. The third-order valence-corrected chi connectivity index (χ3v) is 3.72. The minimum absolute atomic E-state index is 0.570. The highest BCUT2D eigenvalue weighted by Gasteiger charge is 2.08. The average Bonchev–Trinajstić information content (AvgIpc) is 2.59. The van der Waals surface area contributed by atoms with E-state index in [4.69, 9.17) is 11.6 Å². The average molecular weight is 340 g/mol. The highest BCUT2D eigenvalue weighted by molar-refractivity contribution is 6.30. The van der Waals surface area contributed by atoms with Crippen molar-refractivity contribution in [2.75, 3.05) is 17.2 Å². The monoisotopic (exact) mass is 339 g/mol. The third-order valence-electron chi connectivity index (χ3n) is 3.48. The topological polar surface area (TPSA) is 62.7 Å². The van der Waals surface area contributed by atoms with Crippen LogP contribution < -0.4 is 10.6 Å². The largest absolute Gasteiger partial charge is 0.354 e. The summed E-state index contributed by atoms with van der Waals surface area (Å²) in [6.45, 7) is 4.77. The summed E-state index contributed by atoms with van der Waals surface area (Å²) in [5.41, 5.74) is 3.74. The Morgan fingerprint density at radius 2 is 2.00 bits per heavy atom. The minimum Gasteiger partial charge on any atom is -0.354 e. The van der Waals surface area contributed by atoms with Crippen LogP contribution in [0, 0.1) is 6.92 Å². The Balaban J connectivity index is 2.00.